The van der Waals surface area contributed by atoms with Gasteiger partial charge in [-0.15, -0.1) is 0 Å². The molecule has 2 aliphatic rings. The van der Waals surface area contributed by atoms with E-state index in [1.165, 1.54) is 7.05 Å². The number of carbonyl (C=O) groups excluding carboxylic acids is 2. The minimum absolute atomic E-state index is 0.0102. The van der Waals surface area contributed by atoms with Crippen molar-refractivity contribution in [3.05, 3.63) is 34.9 Å². The minimum atomic E-state index is -0.650. The summed E-state index contributed by atoms with van der Waals surface area (Å²) in [6, 6.07) is 5.30. The van der Waals surface area contributed by atoms with Gasteiger partial charge in [0.15, 0.2) is 0 Å². The third-order valence-corrected chi connectivity index (χ3v) is 4.57. The molecule has 3 atom stereocenters. The second-order valence-corrected chi connectivity index (χ2v) is 5.82. The van der Waals surface area contributed by atoms with Crippen molar-refractivity contribution in [2.24, 2.45) is 5.92 Å². The quantitative estimate of drug-likeness (QED) is 0.833. The zero-order chi connectivity index (χ0) is 15.1. The number of carbonyl (C=O) groups is 2. The smallest absolute Gasteiger partial charge is 0.260 e. The Morgan fingerprint density at radius 2 is 2.14 bits per heavy atom. The van der Waals surface area contributed by atoms with E-state index in [9.17, 15) is 14.7 Å². The lowest BCUT2D eigenvalue weighted by atomic mass is 9.88. The molecule has 0 saturated carbocycles. The van der Waals surface area contributed by atoms with E-state index in [1.54, 1.807) is 18.2 Å². The minimum Gasteiger partial charge on any atom is -0.388 e. The van der Waals surface area contributed by atoms with Gasteiger partial charge < -0.3 is 9.84 Å². The van der Waals surface area contributed by atoms with Gasteiger partial charge in [0.2, 0.25) is 5.91 Å². The summed E-state index contributed by atoms with van der Waals surface area (Å²) in [5.41, 5.74) is 1.96. The fourth-order valence-electron chi connectivity index (χ4n) is 3.12. The van der Waals surface area contributed by atoms with E-state index in [0.717, 1.165) is 16.9 Å². The van der Waals surface area contributed by atoms with Crippen molar-refractivity contribution in [3.63, 3.8) is 0 Å². The van der Waals surface area contributed by atoms with Crippen molar-refractivity contribution >= 4 is 11.8 Å². The highest BCUT2D eigenvalue weighted by molar-refractivity contribution is 6.09. The van der Waals surface area contributed by atoms with Crippen molar-refractivity contribution in [1.29, 1.82) is 0 Å². The number of aliphatic hydroxyl groups is 1. The highest BCUT2D eigenvalue weighted by Crippen LogP contribution is 2.34. The van der Waals surface area contributed by atoms with Crippen LogP contribution in [0.25, 0.3) is 0 Å². The van der Waals surface area contributed by atoms with E-state index in [1.807, 2.05) is 6.92 Å². The molecule has 1 saturated heterocycles. The van der Waals surface area contributed by atoms with E-state index in [2.05, 4.69) is 0 Å². The van der Waals surface area contributed by atoms with Crippen LogP contribution in [-0.2, 0) is 16.0 Å². The van der Waals surface area contributed by atoms with Crippen LogP contribution in [0.15, 0.2) is 18.2 Å². The summed E-state index contributed by atoms with van der Waals surface area (Å²) in [5, 5.41) is 10.5. The van der Waals surface area contributed by atoms with Gasteiger partial charge in [-0.2, -0.15) is 0 Å². The fraction of sp³-hybridized carbons (Fsp3) is 0.500. The Labute approximate surface area is 123 Å². The maximum absolute atomic E-state index is 12.2. The maximum atomic E-state index is 12.2. The third kappa shape index (κ3) is 2.36. The Kier molecular flexibility index (Phi) is 3.55. The molecule has 2 heterocycles. The molecular weight excluding hydrogens is 270 g/mol. The molecule has 0 aromatic heterocycles. The molecule has 21 heavy (non-hydrogen) atoms. The molecule has 0 aliphatic carbocycles. The number of hydrogen-bond donors (Lipinski definition) is 1. The lowest BCUT2D eigenvalue weighted by molar-refractivity contribution is -0.127. The Morgan fingerprint density at radius 1 is 1.38 bits per heavy atom. The van der Waals surface area contributed by atoms with Gasteiger partial charge >= 0.3 is 0 Å². The monoisotopic (exact) mass is 289 g/mol. The highest BCUT2D eigenvalue weighted by atomic mass is 16.5. The van der Waals surface area contributed by atoms with E-state index in [0.29, 0.717) is 17.7 Å². The number of fused-ring (bicyclic) bond motifs is 1. The van der Waals surface area contributed by atoms with Crippen molar-refractivity contribution < 1.29 is 19.4 Å². The first-order chi connectivity index (χ1) is 9.99. The summed E-state index contributed by atoms with van der Waals surface area (Å²) >= 11 is 0. The summed E-state index contributed by atoms with van der Waals surface area (Å²) in [4.78, 5) is 25.0. The van der Waals surface area contributed by atoms with E-state index < -0.39 is 6.10 Å². The molecule has 1 fully saturated rings. The lowest BCUT2D eigenvalue weighted by Gasteiger charge is -2.26. The summed E-state index contributed by atoms with van der Waals surface area (Å²) in [6.45, 7) is 2.61. The van der Waals surface area contributed by atoms with Gasteiger partial charge in [0.25, 0.3) is 5.91 Å². The number of imide groups is 1. The van der Waals surface area contributed by atoms with Crippen molar-refractivity contribution in [1.82, 2.24) is 4.90 Å². The van der Waals surface area contributed by atoms with Gasteiger partial charge in [-0.25, -0.2) is 0 Å². The van der Waals surface area contributed by atoms with Gasteiger partial charge in [-0.05, 0) is 30.5 Å². The normalized spacial score (nSPS) is 26.9. The molecule has 1 aromatic carbocycles. The Balaban J connectivity index is 1.92. The second-order valence-electron chi connectivity index (χ2n) is 5.82. The fourth-order valence-corrected chi connectivity index (χ4v) is 3.12. The number of benzene rings is 1. The number of rotatable bonds is 2. The zero-order valence-electron chi connectivity index (χ0n) is 12.2. The van der Waals surface area contributed by atoms with Crippen LogP contribution < -0.4 is 0 Å². The Bertz CT molecular complexity index is 598. The standard InChI is InChI=1S/C16H19NO4/c1-9-12(5-6-21-9)15(19)11-4-3-10-8-14(18)17(2)16(20)13(10)7-11/h3-4,7,9,12,15,19H,5-6,8H2,1-2H3. The molecule has 1 aromatic rings. The molecule has 3 unspecified atom stereocenters. The molecule has 3 rings (SSSR count). The number of aliphatic hydroxyl groups excluding tert-OH is 1. The molecule has 0 radical (unpaired) electrons. The molecule has 0 bridgehead atoms. The van der Waals surface area contributed by atoms with Crippen LogP contribution in [0.5, 0.6) is 0 Å². The van der Waals surface area contributed by atoms with E-state index >= 15 is 0 Å². The first kappa shape index (κ1) is 14.2. The molecule has 1 N–H and O–H groups in total. The maximum Gasteiger partial charge on any atom is 0.260 e. The predicted octanol–water partition coefficient (Wildman–Crippen LogP) is 1.30. The van der Waals surface area contributed by atoms with Crippen molar-refractivity contribution in [2.75, 3.05) is 13.7 Å². The molecule has 112 valence electrons. The van der Waals surface area contributed by atoms with Crippen LogP contribution >= 0.6 is 0 Å². The van der Waals surface area contributed by atoms with Gasteiger partial charge in [0, 0.05) is 25.1 Å². The van der Waals surface area contributed by atoms with Crippen LogP contribution in [0.3, 0.4) is 0 Å². The second kappa shape index (κ2) is 5.24. The van der Waals surface area contributed by atoms with Crippen LogP contribution in [-0.4, -0.2) is 41.6 Å². The number of amides is 2. The molecule has 5 heteroatoms. The lowest BCUT2D eigenvalue weighted by Crippen LogP contribution is -2.39. The Morgan fingerprint density at radius 3 is 2.81 bits per heavy atom. The van der Waals surface area contributed by atoms with Crippen molar-refractivity contribution in [2.45, 2.75) is 32.0 Å². The largest absolute Gasteiger partial charge is 0.388 e. The van der Waals surface area contributed by atoms with Gasteiger partial charge in [0.05, 0.1) is 18.6 Å². The number of ether oxygens (including phenoxy) is 1. The van der Waals surface area contributed by atoms with Crippen LogP contribution in [0, 0.1) is 5.92 Å². The first-order valence-corrected chi connectivity index (χ1v) is 7.22. The molecule has 5 nitrogen and oxygen atoms in total. The van der Waals surface area contributed by atoms with Crippen LogP contribution in [0.4, 0.5) is 0 Å². The SMILES string of the molecule is CC1OCCC1C(O)c1ccc2c(c1)C(=O)N(C)C(=O)C2. The first-order valence-electron chi connectivity index (χ1n) is 7.22. The summed E-state index contributed by atoms with van der Waals surface area (Å²) in [6.07, 6.45) is 0.405. The van der Waals surface area contributed by atoms with E-state index in [4.69, 9.17) is 4.74 Å². The highest BCUT2D eigenvalue weighted by Gasteiger charge is 2.33. The average molecular weight is 289 g/mol. The molecular formula is C16H19NO4. The summed E-state index contributed by atoms with van der Waals surface area (Å²) in [7, 11) is 1.49. The van der Waals surface area contributed by atoms with E-state index in [-0.39, 0.29) is 30.3 Å². The molecule has 0 spiro atoms. The summed E-state index contributed by atoms with van der Waals surface area (Å²) in [5.74, 6) is -0.453. The number of nitrogens with zero attached hydrogens (tertiary/aromatic N) is 1. The van der Waals surface area contributed by atoms with Gasteiger partial charge in [-0.3, -0.25) is 14.5 Å². The average Bonchev–Trinajstić information content (AvgIpc) is 2.90. The van der Waals surface area contributed by atoms with Gasteiger partial charge in [0.1, 0.15) is 0 Å². The Hall–Kier alpha value is -1.72. The molecule has 2 amide bonds. The zero-order valence-corrected chi connectivity index (χ0v) is 12.2. The summed E-state index contributed by atoms with van der Waals surface area (Å²) < 4.78 is 5.49. The topological polar surface area (TPSA) is 66.8 Å². The van der Waals surface area contributed by atoms with Crippen molar-refractivity contribution in [3.8, 4) is 0 Å². The third-order valence-electron chi connectivity index (χ3n) is 4.57. The number of hydrogen-bond acceptors (Lipinski definition) is 4. The number of likely N-dealkylation sites (N-methyl/N-ethyl adjacent to an activating group) is 1. The molecule has 2 aliphatic heterocycles. The van der Waals surface area contributed by atoms with Crippen LogP contribution in [0.1, 0.15) is 40.9 Å². The van der Waals surface area contributed by atoms with Crippen LogP contribution in [0.2, 0.25) is 0 Å². The van der Waals surface area contributed by atoms with Gasteiger partial charge in [-0.1, -0.05) is 12.1 Å². The predicted molar refractivity (Wildman–Crippen MR) is 75.7 cm³/mol.